The number of fused-ring (bicyclic) bond motifs is 1. The van der Waals surface area contributed by atoms with E-state index in [4.69, 9.17) is 0 Å². The summed E-state index contributed by atoms with van der Waals surface area (Å²) in [5, 5.41) is 3.85. The third-order valence-electron chi connectivity index (χ3n) is 4.39. The van der Waals surface area contributed by atoms with E-state index in [-0.39, 0.29) is 17.2 Å². The minimum atomic E-state index is -3.25. The summed E-state index contributed by atoms with van der Waals surface area (Å²) in [4.78, 5) is 17.3. The number of sulfone groups is 1. The Kier molecular flexibility index (Phi) is 4.78. The summed E-state index contributed by atoms with van der Waals surface area (Å²) in [5.41, 5.74) is 4.28. The Morgan fingerprint density at radius 2 is 1.69 bits per heavy atom. The van der Waals surface area contributed by atoms with Gasteiger partial charge in [-0.1, -0.05) is 18.2 Å². The van der Waals surface area contributed by atoms with Crippen LogP contribution in [-0.4, -0.2) is 25.6 Å². The number of hydrogen-bond acceptors (Lipinski definition) is 4. The Morgan fingerprint density at radius 1 is 1.04 bits per heavy atom. The molecule has 0 saturated carbocycles. The van der Waals surface area contributed by atoms with Crippen LogP contribution in [0.2, 0.25) is 0 Å². The Morgan fingerprint density at radius 3 is 2.35 bits per heavy atom. The lowest BCUT2D eigenvalue weighted by Crippen LogP contribution is -2.16. The Hall–Kier alpha value is -2.73. The molecule has 0 bridgehead atoms. The topological polar surface area (TPSA) is 76.1 Å². The van der Waals surface area contributed by atoms with Gasteiger partial charge in [0.05, 0.1) is 16.8 Å². The van der Waals surface area contributed by atoms with Gasteiger partial charge in [0.15, 0.2) is 9.84 Å². The highest BCUT2D eigenvalue weighted by Crippen LogP contribution is 2.23. The average Bonchev–Trinajstić information content (AvgIpc) is 2.58. The molecular formula is C20H20N2O3S. The van der Waals surface area contributed by atoms with Gasteiger partial charge >= 0.3 is 0 Å². The highest BCUT2D eigenvalue weighted by molar-refractivity contribution is 7.90. The van der Waals surface area contributed by atoms with Crippen molar-refractivity contribution >= 4 is 32.3 Å². The molecule has 0 spiro atoms. The van der Waals surface area contributed by atoms with Crippen LogP contribution in [0.4, 0.5) is 5.69 Å². The number of amides is 1. The van der Waals surface area contributed by atoms with E-state index in [2.05, 4.69) is 10.3 Å². The maximum Gasteiger partial charge on any atom is 0.228 e. The van der Waals surface area contributed by atoms with Crippen molar-refractivity contribution in [3.05, 3.63) is 65.4 Å². The quantitative estimate of drug-likeness (QED) is 0.765. The molecule has 0 aliphatic heterocycles. The largest absolute Gasteiger partial charge is 0.326 e. The van der Waals surface area contributed by atoms with Crippen molar-refractivity contribution in [2.75, 3.05) is 11.6 Å². The van der Waals surface area contributed by atoms with E-state index in [1.165, 1.54) is 12.1 Å². The smallest absolute Gasteiger partial charge is 0.228 e. The fourth-order valence-electron chi connectivity index (χ4n) is 2.98. The summed E-state index contributed by atoms with van der Waals surface area (Å²) in [6, 6.07) is 14.0. The zero-order valence-electron chi connectivity index (χ0n) is 14.9. The third kappa shape index (κ3) is 3.75. The third-order valence-corrected chi connectivity index (χ3v) is 5.52. The van der Waals surface area contributed by atoms with Crippen LogP contribution in [0, 0.1) is 13.8 Å². The van der Waals surface area contributed by atoms with E-state index in [0.29, 0.717) is 5.69 Å². The van der Waals surface area contributed by atoms with Crippen molar-refractivity contribution < 1.29 is 13.2 Å². The average molecular weight is 368 g/mol. The van der Waals surface area contributed by atoms with Crippen LogP contribution in [0.25, 0.3) is 10.9 Å². The fraction of sp³-hybridized carbons (Fsp3) is 0.200. The lowest BCUT2D eigenvalue weighted by molar-refractivity contribution is -0.115. The maximum atomic E-state index is 12.4. The van der Waals surface area contributed by atoms with E-state index in [9.17, 15) is 13.2 Å². The van der Waals surface area contributed by atoms with E-state index in [1.807, 2.05) is 38.1 Å². The van der Waals surface area contributed by atoms with Crippen molar-refractivity contribution in [1.82, 2.24) is 4.98 Å². The van der Waals surface area contributed by atoms with Crippen molar-refractivity contribution in [2.24, 2.45) is 0 Å². The molecule has 0 aliphatic rings. The molecule has 0 saturated heterocycles. The minimum Gasteiger partial charge on any atom is -0.326 e. The highest BCUT2D eigenvalue weighted by atomic mass is 32.2. The molecule has 0 atom stereocenters. The minimum absolute atomic E-state index is 0.166. The van der Waals surface area contributed by atoms with Gasteiger partial charge in [-0.3, -0.25) is 9.78 Å². The Bertz CT molecular complexity index is 1090. The number of hydrogen-bond donors (Lipinski definition) is 1. The van der Waals surface area contributed by atoms with Crippen molar-refractivity contribution in [3.63, 3.8) is 0 Å². The normalized spacial score (nSPS) is 11.5. The van der Waals surface area contributed by atoms with E-state index in [0.717, 1.165) is 34.0 Å². The summed E-state index contributed by atoms with van der Waals surface area (Å²) in [7, 11) is -3.25. The first-order valence-electron chi connectivity index (χ1n) is 8.20. The van der Waals surface area contributed by atoms with Gasteiger partial charge in [-0.05, 0) is 55.3 Å². The first kappa shape index (κ1) is 18.1. The fourth-order valence-corrected chi connectivity index (χ4v) is 3.61. The summed E-state index contributed by atoms with van der Waals surface area (Å²) in [5.74, 6) is -0.166. The highest BCUT2D eigenvalue weighted by Gasteiger charge is 2.13. The molecule has 3 aromatic rings. The number of rotatable bonds is 4. The van der Waals surface area contributed by atoms with Gasteiger partial charge in [-0.25, -0.2) is 8.42 Å². The standard InChI is InChI=1S/C20H20N2O3S/c1-13-17-6-4-5-7-19(17)21-14(2)18(13)12-20(23)22-15-8-10-16(11-9-15)26(3,24)25/h4-11H,12H2,1-3H3,(H,22,23). The number of para-hydroxylation sites is 1. The van der Waals surface area contributed by atoms with Gasteiger partial charge in [0, 0.05) is 23.0 Å². The molecular weight excluding hydrogens is 348 g/mol. The van der Waals surface area contributed by atoms with Gasteiger partial charge in [-0.2, -0.15) is 0 Å². The first-order chi connectivity index (χ1) is 12.3. The number of benzene rings is 2. The number of nitrogens with zero attached hydrogens (tertiary/aromatic N) is 1. The van der Waals surface area contributed by atoms with Crippen LogP contribution in [0.3, 0.4) is 0 Å². The molecule has 1 heterocycles. The molecule has 3 rings (SSSR count). The van der Waals surface area contributed by atoms with Gasteiger partial charge in [-0.15, -0.1) is 0 Å². The number of carbonyl (C=O) groups is 1. The summed E-state index contributed by atoms with van der Waals surface area (Å²) >= 11 is 0. The zero-order chi connectivity index (χ0) is 18.9. The lowest BCUT2D eigenvalue weighted by Gasteiger charge is -2.13. The lowest BCUT2D eigenvalue weighted by atomic mass is 9.99. The molecule has 134 valence electrons. The first-order valence-corrected chi connectivity index (χ1v) is 10.1. The molecule has 0 aliphatic carbocycles. The molecule has 0 radical (unpaired) electrons. The number of pyridine rings is 1. The Balaban J connectivity index is 1.81. The molecule has 0 unspecified atom stereocenters. The van der Waals surface area contributed by atoms with Crippen LogP contribution >= 0.6 is 0 Å². The van der Waals surface area contributed by atoms with Crippen LogP contribution in [0.1, 0.15) is 16.8 Å². The SMILES string of the molecule is Cc1nc2ccccc2c(C)c1CC(=O)Nc1ccc(S(C)(=O)=O)cc1. The van der Waals surface area contributed by atoms with Crippen molar-refractivity contribution in [1.29, 1.82) is 0 Å². The predicted octanol–water partition coefficient (Wildman–Crippen LogP) is 3.44. The van der Waals surface area contributed by atoms with Crippen LogP contribution in [0.5, 0.6) is 0 Å². The molecule has 26 heavy (non-hydrogen) atoms. The van der Waals surface area contributed by atoms with Gasteiger partial charge < -0.3 is 5.32 Å². The summed E-state index contributed by atoms with van der Waals surface area (Å²) < 4.78 is 23.0. The second-order valence-electron chi connectivity index (χ2n) is 6.34. The summed E-state index contributed by atoms with van der Waals surface area (Å²) in [6.45, 7) is 3.91. The molecule has 1 aromatic heterocycles. The second-order valence-corrected chi connectivity index (χ2v) is 8.36. The maximum absolute atomic E-state index is 12.4. The Labute approximate surface area is 153 Å². The van der Waals surface area contributed by atoms with Crippen LogP contribution in [0.15, 0.2) is 53.4 Å². The molecule has 5 nitrogen and oxygen atoms in total. The van der Waals surface area contributed by atoms with Gasteiger partial charge in [0.25, 0.3) is 0 Å². The number of anilines is 1. The number of aromatic nitrogens is 1. The van der Waals surface area contributed by atoms with Crippen LogP contribution in [-0.2, 0) is 21.1 Å². The monoisotopic (exact) mass is 368 g/mol. The van der Waals surface area contributed by atoms with Crippen molar-refractivity contribution in [2.45, 2.75) is 25.2 Å². The molecule has 1 N–H and O–H groups in total. The molecule has 6 heteroatoms. The number of carbonyl (C=O) groups excluding carboxylic acids is 1. The number of nitrogens with one attached hydrogen (secondary N) is 1. The van der Waals surface area contributed by atoms with Crippen molar-refractivity contribution in [3.8, 4) is 0 Å². The predicted molar refractivity (Wildman–Crippen MR) is 103 cm³/mol. The van der Waals surface area contributed by atoms with E-state index < -0.39 is 9.84 Å². The van der Waals surface area contributed by atoms with E-state index in [1.54, 1.807) is 12.1 Å². The van der Waals surface area contributed by atoms with E-state index >= 15 is 0 Å². The molecule has 1 amide bonds. The van der Waals surface area contributed by atoms with Gasteiger partial charge in [0.2, 0.25) is 5.91 Å². The summed E-state index contributed by atoms with van der Waals surface area (Å²) in [6.07, 6.45) is 1.36. The van der Waals surface area contributed by atoms with Crippen LogP contribution < -0.4 is 5.32 Å². The van der Waals surface area contributed by atoms with Gasteiger partial charge in [0.1, 0.15) is 0 Å². The second kappa shape index (κ2) is 6.88. The number of aryl methyl sites for hydroxylation is 2. The molecule has 2 aromatic carbocycles. The molecule has 0 fully saturated rings. The zero-order valence-corrected chi connectivity index (χ0v) is 15.7.